The van der Waals surface area contributed by atoms with Crippen LogP contribution in [0.15, 0.2) is 48.8 Å². The van der Waals surface area contributed by atoms with Crippen LogP contribution in [0.3, 0.4) is 0 Å². The van der Waals surface area contributed by atoms with Crippen LogP contribution in [0.2, 0.25) is 0 Å². The number of pyridine rings is 2. The number of halogens is 1. The fourth-order valence-corrected chi connectivity index (χ4v) is 2.15. The van der Waals surface area contributed by atoms with E-state index in [1.807, 2.05) is 36.4 Å². The van der Waals surface area contributed by atoms with Crippen LogP contribution in [0.25, 0.3) is 0 Å². The number of aromatic nitrogens is 2. The van der Waals surface area contributed by atoms with E-state index in [4.69, 9.17) is 11.6 Å². The largest absolute Gasteiger partial charge is 0.354 e. The van der Waals surface area contributed by atoms with Crippen molar-refractivity contribution in [2.45, 2.75) is 13.1 Å². The third-order valence-electron chi connectivity index (χ3n) is 3.10. The molecule has 0 radical (unpaired) electrons. The molecule has 6 heteroatoms. The summed E-state index contributed by atoms with van der Waals surface area (Å²) < 4.78 is 0. The van der Waals surface area contributed by atoms with Gasteiger partial charge in [-0.3, -0.25) is 19.7 Å². The maximum absolute atomic E-state index is 11.2. The van der Waals surface area contributed by atoms with E-state index in [0.717, 1.165) is 11.4 Å². The van der Waals surface area contributed by atoms with Crippen LogP contribution in [0.5, 0.6) is 0 Å². The number of hydrogen-bond acceptors (Lipinski definition) is 4. The van der Waals surface area contributed by atoms with E-state index in [9.17, 15) is 4.79 Å². The summed E-state index contributed by atoms with van der Waals surface area (Å²) in [5.74, 6) is -0.169. The lowest BCUT2D eigenvalue weighted by atomic mass is 10.3. The summed E-state index contributed by atoms with van der Waals surface area (Å²) in [6, 6.07) is 11.7. The predicted molar refractivity (Wildman–Crippen MR) is 86.3 cm³/mol. The molecule has 2 heterocycles. The molecule has 1 N–H and O–H groups in total. The van der Waals surface area contributed by atoms with E-state index in [2.05, 4.69) is 20.2 Å². The minimum absolute atomic E-state index is 0.0134. The first-order chi connectivity index (χ1) is 10.8. The average molecular weight is 319 g/mol. The molecule has 5 nitrogen and oxygen atoms in total. The molecule has 0 unspecified atom stereocenters. The number of carbonyl (C=O) groups excluding carboxylic acids is 1. The Hall–Kier alpha value is -1.98. The minimum Gasteiger partial charge on any atom is -0.354 e. The predicted octanol–water partition coefficient (Wildman–Crippen LogP) is 1.83. The maximum atomic E-state index is 11.2. The summed E-state index contributed by atoms with van der Waals surface area (Å²) >= 11 is 5.48. The van der Waals surface area contributed by atoms with Gasteiger partial charge in [-0.2, -0.15) is 0 Å². The fourth-order valence-electron chi connectivity index (χ4n) is 2.06. The van der Waals surface area contributed by atoms with Gasteiger partial charge in [0.15, 0.2) is 0 Å². The standard InChI is InChI=1S/C16H19ClN4O/c17-11-16(22)20-9-10-21(12-14-5-1-3-7-18-14)13-15-6-2-4-8-19-15/h1-8H,9-13H2,(H,20,22). The van der Waals surface area contributed by atoms with E-state index in [0.29, 0.717) is 26.2 Å². The number of hydrogen-bond donors (Lipinski definition) is 1. The average Bonchev–Trinajstić information content (AvgIpc) is 2.56. The molecule has 0 aliphatic rings. The van der Waals surface area contributed by atoms with Crippen molar-refractivity contribution in [3.05, 3.63) is 60.2 Å². The highest BCUT2D eigenvalue weighted by Crippen LogP contribution is 2.06. The zero-order valence-electron chi connectivity index (χ0n) is 12.3. The zero-order chi connectivity index (χ0) is 15.6. The smallest absolute Gasteiger partial charge is 0.234 e. The summed E-state index contributed by atoms with van der Waals surface area (Å²) in [7, 11) is 0. The van der Waals surface area contributed by atoms with Gasteiger partial charge in [-0.15, -0.1) is 11.6 Å². The van der Waals surface area contributed by atoms with E-state index in [1.165, 1.54) is 0 Å². The summed E-state index contributed by atoms with van der Waals surface area (Å²) in [6.45, 7) is 2.66. The van der Waals surface area contributed by atoms with Gasteiger partial charge in [0.25, 0.3) is 0 Å². The molecule has 22 heavy (non-hydrogen) atoms. The van der Waals surface area contributed by atoms with Crippen molar-refractivity contribution in [3.8, 4) is 0 Å². The highest BCUT2D eigenvalue weighted by molar-refractivity contribution is 6.27. The molecule has 1 amide bonds. The van der Waals surface area contributed by atoms with E-state index >= 15 is 0 Å². The number of amides is 1. The lowest BCUT2D eigenvalue weighted by Crippen LogP contribution is -2.35. The second-order valence-electron chi connectivity index (χ2n) is 4.84. The normalized spacial score (nSPS) is 10.6. The van der Waals surface area contributed by atoms with Crippen molar-refractivity contribution in [1.29, 1.82) is 0 Å². The Morgan fingerprint density at radius 3 is 2.09 bits per heavy atom. The van der Waals surface area contributed by atoms with Gasteiger partial charge in [0, 0.05) is 38.6 Å². The molecular weight excluding hydrogens is 300 g/mol. The van der Waals surface area contributed by atoms with E-state index in [-0.39, 0.29) is 11.8 Å². The van der Waals surface area contributed by atoms with Crippen molar-refractivity contribution in [2.75, 3.05) is 19.0 Å². The molecular formula is C16H19ClN4O. The van der Waals surface area contributed by atoms with Crippen LogP contribution >= 0.6 is 11.6 Å². The lowest BCUT2D eigenvalue weighted by Gasteiger charge is -2.21. The Labute approximate surface area is 135 Å². The van der Waals surface area contributed by atoms with Crippen molar-refractivity contribution in [3.63, 3.8) is 0 Å². The molecule has 116 valence electrons. The molecule has 0 saturated carbocycles. The van der Waals surface area contributed by atoms with Crippen molar-refractivity contribution in [1.82, 2.24) is 20.2 Å². The number of carbonyl (C=O) groups is 1. The van der Waals surface area contributed by atoms with Gasteiger partial charge in [0.05, 0.1) is 11.4 Å². The van der Waals surface area contributed by atoms with E-state index in [1.54, 1.807) is 12.4 Å². The summed E-state index contributed by atoms with van der Waals surface area (Å²) in [5, 5.41) is 2.78. The second-order valence-corrected chi connectivity index (χ2v) is 5.10. The first-order valence-electron chi connectivity index (χ1n) is 7.13. The van der Waals surface area contributed by atoms with Gasteiger partial charge in [0.1, 0.15) is 5.88 Å². The first kappa shape index (κ1) is 16.4. The van der Waals surface area contributed by atoms with Gasteiger partial charge in [-0.1, -0.05) is 12.1 Å². The van der Waals surface area contributed by atoms with Crippen molar-refractivity contribution < 1.29 is 4.79 Å². The van der Waals surface area contributed by atoms with Gasteiger partial charge < -0.3 is 5.32 Å². The molecule has 0 saturated heterocycles. The maximum Gasteiger partial charge on any atom is 0.234 e. The van der Waals surface area contributed by atoms with Gasteiger partial charge >= 0.3 is 0 Å². The highest BCUT2D eigenvalue weighted by atomic mass is 35.5. The summed E-state index contributed by atoms with van der Waals surface area (Å²) in [4.78, 5) is 22.1. The van der Waals surface area contributed by atoms with E-state index < -0.39 is 0 Å². The van der Waals surface area contributed by atoms with Crippen LogP contribution in [-0.2, 0) is 17.9 Å². The molecule has 0 atom stereocenters. The first-order valence-corrected chi connectivity index (χ1v) is 7.66. The van der Waals surface area contributed by atoms with Crippen LogP contribution in [0, 0.1) is 0 Å². The van der Waals surface area contributed by atoms with Gasteiger partial charge in [-0.25, -0.2) is 0 Å². The van der Waals surface area contributed by atoms with Gasteiger partial charge in [-0.05, 0) is 24.3 Å². The molecule has 0 fully saturated rings. The Balaban J connectivity index is 1.95. The highest BCUT2D eigenvalue weighted by Gasteiger charge is 2.09. The number of nitrogens with zero attached hydrogens (tertiary/aromatic N) is 3. The second kappa shape index (κ2) is 9.12. The lowest BCUT2D eigenvalue weighted by molar-refractivity contribution is -0.118. The SMILES string of the molecule is O=C(CCl)NCCN(Cc1ccccn1)Cc1ccccn1. The summed E-state index contributed by atoms with van der Waals surface area (Å²) in [6.07, 6.45) is 3.56. The molecule has 2 aromatic rings. The Kier molecular flexibility index (Phi) is 6.80. The molecule has 2 rings (SSSR count). The molecule has 0 bridgehead atoms. The monoisotopic (exact) mass is 318 g/mol. The molecule has 0 aliphatic heterocycles. The molecule has 0 aliphatic carbocycles. The molecule has 0 aromatic carbocycles. The Morgan fingerprint density at radius 1 is 1.05 bits per heavy atom. The van der Waals surface area contributed by atoms with Crippen LogP contribution < -0.4 is 5.32 Å². The number of nitrogens with one attached hydrogen (secondary N) is 1. The van der Waals surface area contributed by atoms with Crippen LogP contribution in [0.1, 0.15) is 11.4 Å². The fraction of sp³-hybridized carbons (Fsp3) is 0.312. The molecule has 0 spiro atoms. The quantitative estimate of drug-likeness (QED) is 0.755. The number of rotatable bonds is 8. The zero-order valence-corrected chi connectivity index (χ0v) is 13.0. The van der Waals surface area contributed by atoms with Crippen LogP contribution in [-0.4, -0.2) is 39.7 Å². The van der Waals surface area contributed by atoms with Crippen molar-refractivity contribution in [2.24, 2.45) is 0 Å². The minimum atomic E-state index is -0.155. The third-order valence-corrected chi connectivity index (χ3v) is 3.34. The topological polar surface area (TPSA) is 58.1 Å². The Bertz CT molecular complexity index is 523. The molecule has 2 aromatic heterocycles. The van der Waals surface area contributed by atoms with Crippen molar-refractivity contribution >= 4 is 17.5 Å². The third kappa shape index (κ3) is 5.79. The van der Waals surface area contributed by atoms with Gasteiger partial charge in [0.2, 0.25) is 5.91 Å². The Morgan fingerprint density at radius 2 is 1.64 bits per heavy atom. The van der Waals surface area contributed by atoms with Crippen LogP contribution in [0.4, 0.5) is 0 Å². The number of alkyl halides is 1. The summed E-state index contributed by atoms with van der Waals surface area (Å²) in [5.41, 5.74) is 1.98.